The third kappa shape index (κ3) is 4.01. The van der Waals surface area contributed by atoms with Crippen LogP contribution in [0.25, 0.3) is 0 Å². The van der Waals surface area contributed by atoms with Gasteiger partial charge in [-0.25, -0.2) is 4.68 Å². The highest BCUT2D eigenvalue weighted by Crippen LogP contribution is 2.26. The van der Waals surface area contributed by atoms with E-state index < -0.39 is 0 Å². The molecule has 1 saturated heterocycles. The maximum atomic E-state index is 5.49. The lowest BCUT2D eigenvalue weighted by atomic mass is 9.97. The van der Waals surface area contributed by atoms with Gasteiger partial charge in [0.2, 0.25) is 0 Å². The molecule has 0 saturated carbocycles. The van der Waals surface area contributed by atoms with Crippen molar-refractivity contribution in [3.63, 3.8) is 0 Å². The molecule has 1 aromatic heterocycles. The highest BCUT2D eigenvalue weighted by Gasteiger charge is 2.24. The van der Waals surface area contributed by atoms with Crippen LogP contribution in [0, 0.1) is 5.92 Å². The van der Waals surface area contributed by atoms with E-state index in [4.69, 9.17) is 4.74 Å². The summed E-state index contributed by atoms with van der Waals surface area (Å²) >= 11 is 0. The number of nitrogens with one attached hydrogen (secondary N) is 1. The molecular weight excluding hydrogens is 240 g/mol. The molecule has 2 heterocycles. The van der Waals surface area contributed by atoms with Crippen molar-refractivity contribution in [2.45, 2.75) is 52.1 Å². The van der Waals surface area contributed by atoms with E-state index >= 15 is 0 Å². The Labute approximate surface area is 115 Å². The Morgan fingerprint density at radius 2 is 2.37 bits per heavy atom. The summed E-state index contributed by atoms with van der Waals surface area (Å²) in [4.78, 5) is 0. The van der Waals surface area contributed by atoms with E-state index in [-0.39, 0.29) is 0 Å². The number of hydrogen-bond acceptors (Lipinski definition) is 4. The molecule has 0 aromatic carbocycles. The van der Waals surface area contributed by atoms with E-state index in [0.29, 0.717) is 12.0 Å². The van der Waals surface area contributed by atoms with E-state index in [1.807, 2.05) is 10.9 Å². The van der Waals surface area contributed by atoms with Gasteiger partial charge in [0.05, 0.1) is 17.9 Å². The molecule has 0 aliphatic carbocycles. The van der Waals surface area contributed by atoms with E-state index in [1.54, 1.807) is 0 Å². The number of ether oxygens (including phenoxy) is 1. The van der Waals surface area contributed by atoms with Gasteiger partial charge in [0.1, 0.15) is 0 Å². The molecule has 1 fully saturated rings. The summed E-state index contributed by atoms with van der Waals surface area (Å²) in [6.45, 7) is 8.17. The topological polar surface area (TPSA) is 52.0 Å². The minimum absolute atomic E-state index is 0.355. The standard InChI is InChI=1S/C14H26N4O/c1-3-6-15-13(9-12-5-8-19-11-12)14-10-16-17-18(14)7-4-2/h10,12-13,15H,3-9,11H2,1-2H3. The minimum Gasteiger partial charge on any atom is -0.381 e. The van der Waals surface area contributed by atoms with Crippen molar-refractivity contribution in [1.29, 1.82) is 0 Å². The predicted molar refractivity (Wildman–Crippen MR) is 74.9 cm³/mol. The highest BCUT2D eigenvalue weighted by molar-refractivity contribution is 5.03. The van der Waals surface area contributed by atoms with Gasteiger partial charge in [-0.1, -0.05) is 19.1 Å². The Morgan fingerprint density at radius 1 is 1.47 bits per heavy atom. The minimum atomic E-state index is 0.355. The van der Waals surface area contributed by atoms with E-state index in [0.717, 1.165) is 45.6 Å². The van der Waals surface area contributed by atoms with Crippen LogP contribution in [0.3, 0.4) is 0 Å². The molecule has 1 N–H and O–H groups in total. The summed E-state index contributed by atoms with van der Waals surface area (Å²) < 4.78 is 7.54. The van der Waals surface area contributed by atoms with Crippen molar-refractivity contribution in [1.82, 2.24) is 20.3 Å². The fourth-order valence-corrected chi connectivity index (χ4v) is 2.65. The Morgan fingerprint density at radius 3 is 3.05 bits per heavy atom. The Hall–Kier alpha value is -0.940. The van der Waals surface area contributed by atoms with Crippen molar-refractivity contribution in [2.24, 2.45) is 5.92 Å². The van der Waals surface area contributed by atoms with Gasteiger partial charge in [-0.2, -0.15) is 0 Å². The molecule has 108 valence electrons. The highest BCUT2D eigenvalue weighted by atomic mass is 16.5. The van der Waals surface area contributed by atoms with Crippen molar-refractivity contribution in [2.75, 3.05) is 19.8 Å². The molecule has 0 radical (unpaired) electrons. The Balaban J connectivity index is 2.03. The van der Waals surface area contributed by atoms with Crippen LogP contribution in [-0.4, -0.2) is 34.8 Å². The van der Waals surface area contributed by atoms with Crippen LogP contribution in [0.2, 0.25) is 0 Å². The molecule has 19 heavy (non-hydrogen) atoms. The van der Waals surface area contributed by atoms with Gasteiger partial charge in [-0.05, 0) is 38.1 Å². The predicted octanol–water partition coefficient (Wildman–Crippen LogP) is 2.16. The molecule has 2 atom stereocenters. The lowest BCUT2D eigenvalue weighted by molar-refractivity contribution is 0.181. The first kappa shape index (κ1) is 14.5. The Kier molecular flexibility index (Phi) is 5.79. The number of aryl methyl sites for hydroxylation is 1. The summed E-state index contributed by atoms with van der Waals surface area (Å²) in [5, 5.41) is 11.9. The maximum Gasteiger partial charge on any atom is 0.0756 e. The lowest BCUT2D eigenvalue weighted by Crippen LogP contribution is -2.27. The number of nitrogens with zero attached hydrogens (tertiary/aromatic N) is 3. The lowest BCUT2D eigenvalue weighted by Gasteiger charge is -2.21. The molecule has 0 amide bonds. The monoisotopic (exact) mass is 266 g/mol. The van der Waals surface area contributed by atoms with Crippen LogP contribution in [0.4, 0.5) is 0 Å². The van der Waals surface area contributed by atoms with Crippen LogP contribution >= 0.6 is 0 Å². The first-order valence-electron chi connectivity index (χ1n) is 7.54. The van der Waals surface area contributed by atoms with Crippen molar-refractivity contribution in [3.05, 3.63) is 11.9 Å². The zero-order valence-corrected chi connectivity index (χ0v) is 12.1. The van der Waals surface area contributed by atoms with Crippen molar-refractivity contribution in [3.8, 4) is 0 Å². The van der Waals surface area contributed by atoms with Gasteiger partial charge >= 0.3 is 0 Å². The van der Waals surface area contributed by atoms with Crippen LogP contribution in [0.5, 0.6) is 0 Å². The second-order valence-electron chi connectivity index (χ2n) is 5.35. The molecule has 1 aliphatic rings. The quantitative estimate of drug-likeness (QED) is 0.783. The molecule has 0 bridgehead atoms. The number of aromatic nitrogens is 3. The molecule has 2 rings (SSSR count). The summed E-state index contributed by atoms with van der Waals surface area (Å²) in [6.07, 6.45) is 6.45. The molecule has 1 aromatic rings. The second-order valence-corrected chi connectivity index (χ2v) is 5.35. The number of rotatable bonds is 8. The third-order valence-electron chi connectivity index (χ3n) is 3.67. The van der Waals surface area contributed by atoms with Gasteiger partial charge in [-0.3, -0.25) is 0 Å². The van der Waals surface area contributed by atoms with Gasteiger partial charge in [-0.15, -0.1) is 5.10 Å². The maximum absolute atomic E-state index is 5.49. The first-order chi connectivity index (χ1) is 9.35. The summed E-state index contributed by atoms with van der Waals surface area (Å²) in [7, 11) is 0. The molecule has 0 spiro atoms. The largest absolute Gasteiger partial charge is 0.381 e. The average Bonchev–Trinajstić information content (AvgIpc) is 3.06. The van der Waals surface area contributed by atoms with E-state index in [2.05, 4.69) is 29.5 Å². The van der Waals surface area contributed by atoms with Gasteiger partial charge in [0.15, 0.2) is 0 Å². The summed E-state index contributed by atoms with van der Waals surface area (Å²) in [6, 6.07) is 0.355. The van der Waals surface area contributed by atoms with Crippen LogP contribution in [0.1, 0.15) is 51.3 Å². The van der Waals surface area contributed by atoms with Crippen molar-refractivity contribution >= 4 is 0 Å². The summed E-state index contributed by atoms with van der Waals surface area (Å²) in [5.74, 6) is 0.666. The number of hydrogen-bond donors (Lipinski definition) is 1. The zero-order chi connectivity index (χ0) is 13.5. The molecule has 5 heteroatoms. The van der Waals surface area contributed by atoms with Crippen LogP contribution in [-0.2, 0) is 11.3 Å². The van der Waals surface area contributed by atoms with Gasteiger partial charge in [0.25, 0.3) is 0 Å². The van der Waals surface area contributed by atoms with Crippen molar-refractivity contribution < 1.29 is 4.74 Å². The third-order valence-corrected chi connectivity index (χ3v) is 3.67. The fraction of sp³-hybridized carbons (Fsp3) is 0.857. The van der Waals surface area contributed by atoms with Gasteiger partial charge in [0, 0.05) is 19.8 Å². The molecule has 2 unspecified atom stereocenters. The van der Waals surface area contributed by atoms with Gasteiger partial charge < -0.3 is 10.1 Å². The second kappa shape index (κ2) is 7.60. The smallest absolute Gasteiger partial charge is 0.0756 e. The molecular formula is C14H26N4O. The van der Waals surface area contributed by atoms with E-state index in [1.165, 1.54) is 12.1 Å². The van der Waals surface area contributed by atoms with Crippen LogP contribution < -0.4 is 5.32 Å². The van der Waals surface area contributed by atoms with Crippen LogP contribution in [0.15, 0.2) is 6.20 Å². The fourth-order valence-electron chi connectivity index (χ4n) is 2.65. The SMILES string of the molecule is CCCNC(CC1CCOC1)c1cnnn1CCC. The normalized spacial score (nSPS) is 20.8. The molecule has 1 aliphatic heterocycles. The summed E-state index contributed by atoms with van der Waals surface area (Å²) in [5.41, 5.74) is 1.22. The molecule has 5 nitrogen and oxygen atoms in total. The Bertz CT molecular complexity index is 360. The first-order valence-corrected chi connectivity index (χ1v) is 7.54. The zero-order valence-electron chi connectivity index (χ0n) is 12.1. The van der Waals surface area contributed by atoms with E-state index in [9.17, 15) is 0 Å². The average molecular weight is 266 g/mol.